The van der Waals surface area contributed by atoms with Crippen LogP contribution in [0.3, 0.4) is 0 Å². The normalized spacial score (nSPS) is 17.1. The first kappa shape index (κ1) is 25.0. The molecule has 3 rings (SSSR count). The van der Waals surface area contributed by atoms with Crippen molar-refractivity contribution in [3.63, 3.8) is 0 Å². The molecule has 1 aliphatic rings. The quantitative estimate of drug-likeness (QED) is 0.270. The van der Waals surface area contributed by atoms with E-state index in [1.807, 2.05) is 42.5 Å². The van der Waals surface area contributed by atoms with E-state index in [-0.39, 0.29) is 25.5 Å². The van der Waals surface area contributed by atoms with E-state index in [9.17, 15) is 24.9 Å². The number of halogens is 1. The molecule has 0 aromatic heterocycles. The molecule has 0 radical (unpaired) electrons. The summed E-state index contributed by atoms with van der Waals surface area (Å²) in [6.07, 6.45) is 3.52. The van der Waals surface area contributed by atoms with Crippen LogP contribution in [0.15, 0.2) is 42.5 Å². The van der Waals surface area contributed by atoms with Crippen LogP contribution in [0.25, 0.3) is 0 Å². The number of nitrogens with one attached hydrogen (secondary N) is 1. The van der Waals surface area contributed by atoms with Gasteiger partial charge in [0.25, 0.3) is 0 Å². The van der Waals surface area contributed by atoms with E-state index in [1.54, 1.807) is 0 Å². The van der Waals surface area contributed by atoms with Gasteiger partial charge in [0, 0.05) is 17.6 Å². The second-order valence-corrected chi connectivity index (χ2v) is 8.95. The predicted molar refractivity (Wildman–Crippen MR) is 124 cm³/mol. The van der Waals surface area contributed by atoms with Crippen LogP contribution in [0.2, 0.25) is 5.02 Å². The Morgan fingerprint density at radius 3 is 2.36 bits per heavy atom. The zero-order chi connectivity index (χ0) is 23.8. The molecule has 1 aliphatic carbocycles. The molecule has 1 atom stereocenters. The van der Waals surface area contributed by atoms with Crippen LogP contribution in [0.4, 0.5) is 0 Å². The van der Waals surface area contributed by atoms with E-state index in [4.69, 9.17) is 16.3 Å². The Balaban J connectivity index is 1.36. The molecule has 0 amide bonds. The number of ether oxygens (including phenoxy) is 1. The van der Waals surface area contributed by atoms with Crippen LogP contribution >= 0.6 is 11.6 Å². The molecule has 4 N–H and O–H groups in total. The number of aliphatic carboxylic acids is 2. The zero-order valence-corrected chi connectivity index (χ0v) is 19.2. The largest absolute Gasteiger partial charge is 0.494 e. The molecule has 2 aromatic rings. The number of hydrogen-bond acceptors (Lipinski definition) is 5. The summed E-state index contributed by atoms with van der Waals surface area (Å²) < 4.78 is 5.81. The summed E-state index contributed by atoms with van der Waals surface area (Å²) in [4.78, 5) is 22.8. The number of carboxylic acids is 2. The molecule has 0 spiro atoms. The highest BCUT2D eigenvalue weighted by Gasteiger charge is 2.51. The second-order valence-electron chi connectivity index (χ2n) is 8.55. The average molecular weight is 476 g/mol. The number of hydrogen-bond donors (Lipinski definition) is 4. The number of carbonyl (C=O) groups is 2. The van der Waals surface area contributed by atoms with E-state index in [0.29, 0.717) is 24.6 Å². The van der Waals surface area contributed by atoms with Crippen LogP contribution < -0.4 is 10.1 Å². The highest BCUT2D eigenvalue weighted by atomic mass is 35.5. The van der Waals surface area contributed by atoms with Crippen LogP contribution in [-0.4, -0.2) is 39.9 Å². The topological polar surface area (TPSA) is 116 Å². The number of carboxylic acid groups (broad SMARTS) is 2. The van der Waals surface area contributed by atoms with Crippen LogP contribution in [0.5, 0.6) is 5.75 Å². The van der Waals surface area contributed by atoms with Gasteiger partial charge in [-0.15, -0.1) is 0 Å². The van der Waals surface area contributed by atoms with Crippen molar-refractivity contribution < 1.29 is 29.6 Å². The molecule has 0 aliphatic heterocycles. The fourth-order valence-corrected chi connectivity index (χ4v) is 4.42. The maximum Gasteiger partial charge on any atom is 0.321 e. The molecule has 1 unspecified atom stereocenters. The molecule has 8 heteroatoms. The van der Waals surface area contributed by atoms with E-state index in [1.165, 1.54) is 0 Å². The van der Waals surface area contributed by atoms with E-state index in [0.717, 1.165) is 41.7 Å². The Labute approximate surface area is 198 Å². The molecule has 178 valence electrons. The lowest BCUT2D eigenvalue weighted by Crippen LogP contribution is -2.39. The first-order chi connectivity index (χ1) is 15.8. The summed E-state index contributed by atoms with van der Waals surface area (Å²) in [6.45, 7) is 1.09. The molecule has 0 bridgehead atoms. The van der Waals surface area contributed by atoms with Gasteiger partial charge in [-0.25, -0.2) is 0 Å². The average Bonchev–Trinajstić information content (AvgIpc) is 3.24. The first-order valence-corrected chi connectivity index (χ1v) is 11.5. The van der Waals surface area contributed by atoms with E-state index < -0.39 is 17.4 Å². The Hall–Kier alpha value is -2.61. The zero-order valence-electron chi connectivity index (χ0n) is 18.4. The Morgan fingerprint density at radius 1 is 1.06 bits per heavy atom. The van der Waals surface area contributed by atoms with Gasteiger partial charge in [0.1, 0.15) is 5.75 Å². The van der Waals surface area contributed by atoms with Gasteiger partial charge in [-0.1, -0.05) is 35.9 Å². The smallest absolute Gasteiger partial charge is 0.321 e. The van der Waals surface area contributed by atoms with Crippen molar-refractivity contribution in [2.24, 2.45) is 5.41 Å². The summed E-state index contributed by atoms with van der Waals surface area (Å²) in [5, 5.41) is 31.7. The van der Waals surface area contributed by atoms with Gasteiger partial charge in [0.05, 0.1) is 13.2 Å². The first-order valence-electron chi connectivity index (χ1n) is 11.1. The van der Waals surface area contributed by atoms with Crippen molar-refractivity contribution in [1.82, 2.24) is 5.32 Å². The molecule has 0 heterocycles. The molecular weight excluding hydrogens is 446 g/mol. The van der Waals surface area contributed by atoms with Crippen LogP contribution in [0.1, 0.15) is 48.8 Å². The van der Waals surface area contributed by atoms with Gasteiger partial charge in [-0.3, -0.25) is 9.59 Å². The Morgan fingerprint density at radius 2 is 1.76 bits per heavy atom. The molecular formula is C25H30ClNO6. The summed E-state index contributed by atoms with van der Waals surface area (Å²) in [5.74, 6) is -1.74. The maximum atomic E-state index is 11.4. The maximum absolute atomic E-state index is 11.4. The van der Waals surface area contributed by atoms with Gasteiger partial charge in [-0.05, 0) is 73.4 Å². The summed E-state index contributed by atoms with van der Waals surface area (Å²) in [7, 11) is 0. The lowest BCUT2D eigenvalue weighted by Gasteiger charge is -2.19. The van der Waals surface area contributed by atoms with E-state index >= 15 is 0 Å². The molecule has 2 aromatic carbocycles. The van der Waals surface area contributed by atoms with Gasteiger partial charge >= 0.3 is 11.9 Å². The van der Waals surface area contributed by atoms with Gasteiger partial charge in [0.2, 0.25) is 0 Å². The van der Waals surface area contributed by atoms with Crippen molar-refractivity contribution in [1.29, 1.82) is 0 Å². The van der Waals surface area contributed by atoms with Gasteiger partial charge in [0.15, 0.2) is 5.41 Å². The lowest BCUT2D eigenvalue weighted by atomic mass is 9.86. The van der Waals surface area contributed by atoms with Crippen molar-refractivity contribution in [3.8, 4) is 5.75 Å². The monoisotopic (exact) mass is 475 g/mol. The van der Waals surface area contributed by atoms with Gasteiger partial charge < -0.3 is 25.4 Å². The second kappa shape index (κ2) is 11.5. The minimum absolute atomic E-state index is 0.0570. The predicted octanol–water partition coefficient (Wildman–Crippen LogP) is 4.03. The highest BCUT2D eigenvalue weighted by Crippen LogP contribution is 2.39. The van der Waals surface area contributed by atoms with Crippen molar-refractivity contribution in [3.05, 3.63) is 64.2 Å². The van der Waals surface area contributed by atoms with Crippen LogP contribution in [-0.2, 0) is 29.2 Å². The lowest BCUT2D eigenvalue weighted by molar-refractivity contribution is -0.164. The van der Waals surface area contributed by atoms with E-state index in [2.05, 4.69) is 5.32 Å². The van der Waals surface area contributed by atoms with Crippen molar-refractivity contribution in [2.45, 2.75) is 57.7 Å². The number of rotatable bonds is 12. The molecule has 1 fully saturated rings. The van der Waals surface area contributed by atoms with Gasteiger partial charge in [-0.2, -0.15) is 0 Å². The Kier molecular flexibility index (Phi) is 8.72. The standard InChI is InChI=1S/C25H30ClNO6/c26-22-13-17(4-7-19(22)16-28)3-1-2-12-33-21-8-5-18(6-9-21)15-27-20-10-11-25(14-20,23(29)30)24(31)32/h4-9,13,20,27-28H,1-3,10-12,14-16H2,(H,29,30)(H,31,32). The number of aryl methyl sites for hydroxylation is 1. The third kappa shape index (κ3) is 6.47. The number of aliphatic hydroxyl groups is 1. The third-order valence-electron chi connectivity index (χ3n) is 6.27. The fourth-order valence-electron chi connectivity index (χ4n) is 4.16. The number of unbranched alkanes of at least 4 members (excludes halogenated alkanes) is 1. The molecule has 33 heavy (non-hydrogen) atoms. The SMILES string of the molecule is O=C(O)C1(C(=O)O)CCC(NCc2ccc(OCCCCc3ccc(CO)c(Cl)c3)cc2)C1. The minimum atomic E-state index is -1.68. The van der Waals surface area contributed by atoms with Crippen LogP contribution in [0, 0.1) is 5.41 Å². The minimum Gasteiger partial charge on any atom is -0.494 e. The number of aliphatic hydroxyl groups excluding tert-OH is 1. The van der Waals surface area contributed by atoms with Crippen molar-refractivity contribution in [2.75, 3.05) is 6.61 Å². The Bertz CT molecular complexity index is 948. The molecule has 0 saturated heterocycles. The third-order valence-corrected chi connectivity index (χ3v) is 6.62. The fraction of sp³-hybridized carbons (Fsp3) is 0.440. The molecule has 1 saturated carbocycles. The summed E-state index contributed by atoms with van der Waals surface area (Å²) >= 11 is 6.12. The summed E-state index contributed by atoms with van der Waals surface area (Å²) in [6, 6.07) is 13.3. The summed E-state index contributed by atoms with van der Waals surface area (Å²) in [5.41, 5.74) is 1.22. The molecule has 7 nitrogen and oxygen atoms in total. The highest BCUT2D eigenvalue weighted by molar-refractivity contribution is 6.31. The van der Waals surface area contributed by atoms with Crippen molar-refractivity contribution >= 4 is 23.5 Å². The number of benzene rings is 2.